The number of carbonyl (C=O) groups is 1. The lowest BCUT2D eigenvalue weighted by atomic mass is 9.92. The SMILES string of the molecule is CN(C)C[C@]1(O)CCCN(C(=O)c2cnc(Nc3ccccc3)nc2)C1. The van der Waals surface area contributed by atoms with Crippen molar-refractivity contribution in [1.82, 2.24) is 19.8 Å². The van der Waals surface area contributed by atoms with E-state index < -0.39 is 5.60 Å². The summed E-state index contributed by atoms with van der Waals surface area (Å²) in [5.74, 6) is 0.295. The van der Waals surface area contributed by atoms with E-state index in [4.69, 9.17) is 0 Å². The second-order valence-electron chi connectivity index (χ2n) is 7.08. The number of benzene rings is 1. The van der Waals surface area contributed by atoms with Crippen molar-refractivity contribution in [3.63, 3.8) is 0 Å². The lowest BCUT2D eigenvalue weighted by molar-refractivity contribution is -0.0391. The molecule has 0 bridgehead atoms. The summed E-state index contributed by atoms with van der Waals surface area (Å²) in [6, 6.07) is 9.62. The molecule has 0 radical (unpaired) electrons. The average molecular weight is 355 g/mol. The molecule has 1 aliphatic heterocycles. The zero-order valence-electron chi connectivity index (χ0n) is 15.2. The number of nitrogens with zero attached hydrogens (tertiary/aromatic N) is 4. The normalized spacial score (nSPS) is 20.2. The summed E-state index contributed by atoms with van der Waals surface area (Å²) >= 11 is 0. The van der Waals surface area contributed by atoms with Crippen LogP contribution in [-0.4, -0.2) is 70.1 Å². The molecule has 2 N–H and O–H groups in total. The first-order valence-electron chi connectivity index (χ1n) is 8.76. The van der Waals surface area contributed by atoms with Crippen molar-refractivity contribution in [2.75, 3.05) is 39.0 Å². The molecule has 0 saturated carbocycles. The number of β-amino-alcohol motifs (C(OH)–C–C–N with tert-alkyl or cyclic N) is 1. The summed E-state index contributed by atoms with van der Waals surface area (Å²) in [6.07, 6.45) is 4.54. The third-order valence-corrected chi connectivity index (χ3v) is 4.38. The van der Waals surface area contributed by atoms with Gasteiger partial charge in [0, 0.05) is 31.2 Å². The second kappa shape index (κ2) is 7.80. The standard InChI is InChI=1S/C19H25N5O2/c1-23(2)13-19(26)9-6-10-24(14-19)17(25)15-11-20-18(21-12-15)22-16-7-4-3-5-8-16/h3-5,7-8,11-12,26H,6,9-10,13-14H2,1-2H3,(H,20,21,22)/t19-/m1/s1. The molecule has 26 heavy (non-hydrogen) atoms. The number of likely N-dealkylation sites (N-methyl/N-ethyl adjacent to an activating group) is 1. The van der Waals surface area contributed by atoms with Crippen molar-refractivity contribution < 1.29 is 9.90 Å². The summed E-state index contributed by atoms with van der Waals surface area (Å²) in [5, 5.41) is 13.8. The number of carbonyl (C=O) groups excluding carboxylic acids is 1. The number of aromatic nitrogens is 2. The van der Waals surface area contributed by atoms with E-state index in [1.807, 2.05) is 49.3 Å². The van der Waals surface area contributed by atoms with Crippen LogP contribution in [0.2, 0.25) is 0 Å². The smallest absolute Gasteiger partial charge is 0.257 e. The predicted octanol–water partition coefficient (Wildman–Crippen LogP) is 1.75. The van der Waals surface area contributed by atoms with Crippen LogP contribution in [0.3, 0.4) is 0 Å². The predicted molar refractivity (Wildman–Crippen MR) is 100 cm³/mol. The molecule has 2 heterocycles. The fourth-order valence-electron chi connectivity index (χ4n) is 3.34. The van der Waals surface area contributed by atoms with Gasteiger partial charge in [0.05, 0.1) is 17.7 Å². The Morgan fingerprint density at radius 3 is 2.62 bits per heavy atom. The summed E-state index contributed by atoms with van der Waals surface area (Å²) in [6.45, 7) is 1.50. The van der Waals surface area contributed by atoms with Crippen LogP contribution in [0, 0.1) is 0 Å². The molecule has 0 unspecified atom stereocenters. The van der Waals surface area contributed by atoms with Crippen LogP contribution in [0.1, 0.15) is 23.2 Å². The quantitative estimate of drug-likeness (QED) is 0.850. The number of amides is 1. The lowest BCUT2D eigenvalue weighted by Crippen LogP contribution is -2.54. The third-order valence-electron chi connectivity index (χ3n) is 4.38. The molecular formula is C19H25N5O2. The number of aliphatic hydroxyl groups is 1. The van der Waals surface area contributed by atoms with E-state index in [1.165, 1.54) is 12.4 Å². The first-order chi connectivity index (χ1) is 12.5. The molecule has 1 aromatic carbocycles. The maximum absolute atomic E-state index is 12.7. The largest absolute Gasteiger partial charge is 0.387 e. The molecule has 1 atom stereocenters. The molecule has 2 aromatic rings. The average Bonchev–Trinajstić information content (AvgIpc) is 2.61. The van der Waals surface area contributed by atoms with Gasteiger partial charge in [0.1, 0.15) is 0 Å². The Kier molecular flexibility index (Phi) is 5.49. The van der Waals surface area contributed by atoms with E-state index in [1.54, 1.807) is 4.90 Å². The van der Waals surface area contributed by atoms with Gasteiger partial charge in [-0.3, -0.25) is 4.79 Å². The van der Waals surface area contributed by atoms with Crippen molar-refractivity contribution in [3.05, 3.63) is 48.3 Å². The highest BCUT2D eigenvalue weighted by Gasteiger charge is 2.36. The van der Waals surface area contributed by atoms with Crippen LogP contribution in [0.15, 0.2) is 42.7 Å². The first kappa shape index (κ1) is 18.3. The maximum Gasteiger partial charge on any atom is 0.257 e. The molecule has 1 saturated heterocycles. The number of rotatable bonds is 5. The van der Waals surface area contributed by atoms with Crippen LogP contribution in [0.25, 0.3) is 0 Å². The Labute approximate surface area is 153 Å². The number of para-hydroxylation sites is 1. The van der Waals surface area contributed by atoms with Crippen LogP contribution in [-0.2, 0) is 0 Å². The number of nitrogens with one attached hydrogen (secondary N) is 1. The maximum atomic E-state index is 12.7. The first-order valence-corrected chi connectivity index (χ1v) is 8.76. The van der Waals surface area contributed by atoms with Crippen molar-refractivity contribution in [1.29, 1.82) is 0 Å². The van der Waals surface area contributed by atoms with Gasteiger partial charge in [-0.25, -0.2) is 9.97 Å². The van der Waals surface area contributed by atoms with Crippen molar-refractivity contribution in [3.8, 4) is 0 Å². The van der Waals surface area contributed by atoms with Gasteiger partial charge in [-0.2, -0.15) is 0 Å². The second-order valence-corrected chi connectivity index (χ2v) is 7.08. The summed E-state index contributed by atoms with van der Waals surface area (Å²) in [4.78, 5) is 24.8. The molecule has 7 nitrogen and oxygen atoms in total. The van der Waals surface area contributed by atoms with Gasteiger partial charge in [0.25, 0.3) is 5.91 Å². The highest BCUT2D eigenvalue weighted by atomic mass is 16.3. The van der Waals surface area contributed by atoms with Crippen molar-refractivity contribution >= 4 is 17.5 Å². The number of piperidine rings is 1. The van der Waals surface area contributed by atoms with E-state index in [-0.39, 0.29) is 5.91 Å². The Bertz CT molecular complexity index is 735. The zero-order valence-corrected chi connectivity index (χ0v) is 15.2. The lowest BCUT2D eigenvalue weighted by Gasteiger charge is -2.40. The van der Waals surface area contributed by atoms with E-state index in [2.05, 4.69) is 15.3 Å². The number of hydrogen-bond donors (Lipinski definition) is 2. The Hall–Kier alpha value is -2.51. The van der Waals surface area contributed by atoms with Crippen LogP contribution in [0.4, 0.5) is 11.6 Å². The molecule has 7 heteroatoms. The summed E-state index contributed by atoms with van der Waals surface area (Å²) in [7, 11) is 3.84. The molecular weight excluding hydrogens is 330 g/mol. The highest BCUT2D eigenvalue weighted by molar-refractivity contribution is 5.93. The van der Waals surface area contributed by atoms with Crippen molar-refractivity contribution in [2.24, 2.45) is 0 Å². The van der Waals surface area contributed by atoms with Gasteiger partial charge in [0.2, 0.25) is 5.95 Å². The minimum atomic E-state index is -0.868. The van der Waals surface area contributed by atoms with E-state index in [9.17, 15) is 9.90 Å². The Morgan fingerprint density at radius 2 is 1.96 bits per heavy atom. The molecule has 0 spiro atoms. The number of likely N-dealkylation sites (tertiary alicyclic amines) is 1. The molecule has 3 rings (SSSR count). The zero-order chi connectivity index (χ0) is 18.6. The Morgan fingerprint density at radius 1 is 1.27 bits per heavy atom. The van der Waals surface area contributed by atoms with Gasteiger partial charge in [-0.1, -0.05) is 18.2 Å². The van der Waals surface area contributed by atoms with Gasteiger partial charge >= 0.3 is 0 Å². The van der Waals surface area contributed by atoms with Gasteiger partial charge in [0.15, 0.2) is 0 Å². The molecule has 1 aliphatic rings. The molecule has 1 amide bonds. The van der Waals surface area contributed by atoms with Gasteiger partial charge in [-0.05, 0) is 39.1 Å². The Balaban J connectivity index is 1.66. The van der Waals surface area contributed by atoms with E-state index >= 15 is 0 Å². The minimum Gasteiger partial charge on any atom is -0.387 e. The topological polar surface area (TPSA) is 81.6 Å². The molecule has 1 aromatic heterocycles. The minimum absolute atomic E-state index is 0.145. The third kappa shape index (κ3) is 4.56. The van der Waals surface area contributed by atoms with E-state index in [0.717, 1.165) is 12.1 Å². The highest BCUT2D eigenvalue weighted by Crippen LogP contribution is 2.23. The summed E-state index contributed by atoms with van der Waals surface area (Å²) < 4.78 is 0. The fraction of sp³-hybridized carbons (Fsp3) is 0.421. The summed E-state index contributed by atoms with van der Waals surface area (Å²) in [5.41, 5.74) is 0.446. The van der Waals surface area contributed by atoms with Gasteiger partial charge in [-0.15, -0.1) is 0 Å². The molecule has 1 fully saturated rings. The monoisotopic (exact) mass is 355 g/mol. The number of anilines is 2. The number of hydrogen-bond acceptors (Lipinski definition) is 6. The van der Waals surface area contributed by atoms with E-state index in [0.29, 0.717) is 37.6 Å². The van der Waals surface area contributed by atoms with Crippen molar-refractivity contribution in [2.45, 2.75) is 18.4 Å². The molecule has 138 valence electrons. The van der Waals surface area contributed by atoms with Crippen LogP contribution >= 0.6 is 0 Å². The van der Waals surface area contributed by atoms with Crippen LogP contribution < -0.4 is 5.32 Å². The van der Waals surface area contributed by atoms with Gasteiger partial charge < -0.3 is 20.2 Å². The van der Waals surface area contributed by atoms with Crippen LogP contribution in [0.5, 0.6) is 0 Å². The fourth-order valence-corrected chi connectivity index (χ4v) is 3.34. The molecule has 0 aliphatic carbocycles.